The second kappa shape index (κ2) is 12.1. The Hall–Kier alpha value is -0.340. The van der Waals surface area contributed by atoms with Crippen LogP contribution >= 0.6 is 35.3 Å². The van der Waals surface area contributed by atoms with Crippen molar-refractivity contribution in [1.82, 2.24) is 15.5 Å². The molecule has 0 fully saturated rings. The largest absolute Gasteiger partial charge is 0.356 e. The first kappa shape index (κ1) is 21.7. The van der Waals surface area contributed by atoms with Crippen molar-refractivity contribution in [2.24, 2.45) is 4.99 Å². The molecule has 0 aliphatic rings. The van der Waals surface area contributed by atoms with Crippen LogP contribution in [0.25, 0.3) is 0 Å². The van der Waals surface area contributed by atoms with Crippen LogP contribution in [0.1, 0.15) is 38.5 Å². The lowest BCUT2D eigenvalue weighted by Crippen LogP contribution is -2.46. The monoisotopic (exact) mass is 438 g/mol. The standard InChI is InChI=1S/C16H30N4S.HI/c1-6-20(7-2)14(4)12-19-16(17-5)18-11-13(3)15-9-8-10-21-15;/h8-10,13-14H,6-7,11-12H2,1-5H3,(H2,17,18,19);1H. The highest BCUT2D eigenvalue weighted by atomic mass is 127. The molecule has 6 heteroatoms. The summed E-state index contributed by atoms with van der Waals surface area (Å²) in [5.41, 5.74) is 0. The lowest BCUT2D eigenvalue weighted by Gasteiger charge is -2.27. The van der Waals surface area contributed by atoms with E-state index < -0.39 is 0 Å². The first-order valence-corrected chi connectivity index (χ1v) is 8.72. The molecule has 0 saturated carbocycles. The maximum Gasteiger partial charge on any atom is 0.191 e. The summed E-state index contributed by atoms with van der Waals surface area (Å²) >= 11 is 1.81. The fourth-order valence-corrected chi connectivity index (χ4v) is 3.15. The van der Waals surface area contributed by atoms with Gasteiger partial charge >= 0.3 is 0 Å². The van der Waals surface area contributed by atoms with Crippen molar-refractivity contribution < 1.29 is 0 Å². The van der Waals surface area contributed by atoms with Crippen molar-refractivity contribution in [1.29, 1.82) is 0 Å². The molecule has 0 amide bonds. The van der Waals surface area contributed by atoms with Gasteiger partial charge in [0.15, 0.2) is 5.96 Å². The van der Waals surface area contributed by atoms with Crippen LogP contribution in [-0.4, -0.2) is 50.1 Å². The number of hydrogen-bond acceptors (Lipinski definition) is 3. The Morgan fingerprint density at radius 2 is 1.86 bits per heavy atom. The van der Waals surface area contributed by atoms with Crippen LogP contribution in [0.15, 0.2) is 22.5 Å². The number of thiophene rings is 1. The zero-order valence-electron chi connectivity index (χ0n) is 14.4. The topological polar surface area (TPSA) is 39.7 Å². The molecular weight excluding hydrogens is 407 g/mol. The van der Waals surface area contributed by atoms with E-state index in [9.17, 15) is 0 Å². The smallest absolute Gasteiger partial charge is 0.191 e. The number of guanidine groups is 1. The zero-order valence-corrected chi connectivity index (χ0v) is 17.6. The highest BCUT2D eigenvalue weighted by molar-refractivity contribution is 14.0. The molecule has 0 bridgehead atoms. The third-order valence-electron chi connectivity index (χ3n) is 3.83. The SMILES string of the molecule is CCN(CC)C(C)CNC(=NC)NCC(C)c1cccs1.I. The quantitative estimate of drug-likeness (QED) is 0.372. The van der Waals surface area contributed by atoms with Gasteiger partial charge in [0.25, 0.3) is 0 Å². The van der Waals surface area contributed by atoms with Gasteiger partial charge in [-0.3, -0.25) is 9.89 Å². The van der Waals surface area contributed by atoms with Crippen LogP contribution in [0, 0.1) is 0 Å². The average Bonchev–Trinajstić information content (AvgIpc) is 3.02. The first-order valence-electron chi connectivity index (χ1n) is 7.84. The Morgan fingerprint density at radius 1 is 1.23 bits per heavy atom. The third kappa shape index (κ3) is 7.28. The summed E-state index contributed by atoms with van der Waals surface area (Å²) in [5.74, 6) is 1.39. The van der Waals surface area contributed by atoms with E-state index in [1.165, 1.54) is 4.88 Å². The first-order chi connectivity index (χ1) is 10.1. The maximum atomic E-state index is 4.30. The van der Waals surface area contributed by atoms with Crippen molar-refractivity contribution in [2.45, 2.75) is 39.7 Å². The molecule has 0 aliphatic heterocycles. The number of nitrogens with zero attached hydrogens (tertiary/aromatic N) is 2. The van der Waals surface area contributed by atoms with Crippen LogP contribution in [0.2, 0.25) is 0 Å². The van der Waals surface area contributed by atoms with Gasteiger partial charge in [-0.05, 0) is 31.5 Å². The molecule has 4 nitrogen and oxygen atoms in total. The minimum Gasteiger partial charge on any atom is -0.356 e. The average molecular weight is 438 g/mol. The second-order valence-corrected chi connectivity index (χ2v) is 6.30. The summed E-state index contributed by atoms with van der Waals surface area (Å²) < 4.78 is 0. The summed E-state index contributed by atoms with van der Waals surface area (Å²) in [6, 6.07) is 4.80. The summed E-state index contributed by atoms with van der Waals surface area (Å²) in [6.45, 7) is 12.9. The molecule has 0 aliphatic carbocycles. The molecule has 22 heavy (non-hydrogen) atoms. The van der Waals surface area contributed by atoms with Gasteiger partial charge in [0.1, 0.15) is 0 Å². The molecule has 0 spiro atoms. The minimum absolute atomic E-state index is 0. The predicted octanol–water partition coefficient (Wildman–Crippen LogP) is 3.36. The number of nitrogens with one attached hydrogen (secondary N) is 2. The van der Waals surface area contributed by atoms with E-state index in [0.717, 1.165) is 32.1 Å². The van der Waals surface area contributed by atoms with E-state index >= 15 is 0 Å². The van der Waals surface area contributed by atoms with Gasteiger partial charge in [-0.25, -0.2) is 0 Å². The molecule has 0 radical (unpaired) electrons. The van der Waals surface area contributed by atoms with Gasteiger partial charge in [0.05, 0.1) is 0 Å². The van der Waals surface area contributed by atoms with E-state index in [0.29, 0.717) is 12.0 Å². The van der Waals surface area contributed by atoms with Crippen molar-refractivity contribution in [2.75, 3.05) is 33.2 Å². The van der Waals surface area contributed by atoms with Crippen LogP contribution in [0.3, 0.4) is 0 Å². The molecule has 1 heterocycles. The van der Waals surface area contributed by atoms with Gasteiger partial charge in [-0.2, -0.15) is 0 Å². The molecule has 2 unspecified atom stereocenters. The Bertz CT molecular complexity index is 404. The Labute approximate surface area is 156 Å². The fraction of sp³-hybridized carbons (Fsp3) is 0.688. The van der Waals surface area contributed by atoms with Crippen LogP contribution in [0.4, 0.5) is 0 Å². The van der Waals surface area contributed by atoms with Gasteiger partial charge < -0.3 is 10.6 Å². The number of hydrogen-bond donors (Lipinski definition) is 2. The molecule has 0 saturated heterocycles. The summed E-state index contributed by atoms with van der Waals surface area (Å²) in [7, 11) is 1.83. The summed E-state index contributed by atoms with van der Waals surface area (Å²) in [6.07, 6.45) is 0. The van der Waals surface area contributed by atoms with Gasteiger partial charge in [-0.1, -0.05) is 26.8 Å². The van der Waals surface area contributed by atoms with Crippen molar-refractivity contribution in [3.63, 3.8) is 0 Å². The highest BCUT2D eigenvalue weighted by Gasteiger charge is 2.11. The van der Waals surface area contributed by atoms with Crippen molar-refractivity contribution in [3.8, 4) is 0 Å². The van der Waals surface area contributed by atoms with Crippen molar-refractivity contribution in [3.05, 3.63) is 22.4 Å². The highest BCUT2D eigenvalue weighted by Crippen LogP contribution is 2.19. The Balaban J connectivity index is 0.00000441. The fourth-order valence-electron chi connectivity index (χ4n) is 2.36. The summed E-state index contributed by atoms with van der Waals surface area (Å²) in [5, 5.41) is 8.96. The van der Waals surface area contributed by atoms with Crippen LogP contribution in [0.5, 0.6) is 0 Å². The number of likely N-dealkylation sites (N-methyl/N-ethyl adjacent to an activating group) is 1. The van der Waals surface area contributed by atoms with Crippen molar-refractivity contribution >= 4 is 41.3 Å². The Morgan fingerprint density at radius 3 is 2.36 bits per heavy atom. The molecule has 2 N–H and O–H groups in total. The Kier molecular flexibility index (Phi) is 11.9. The maximum absolute atomic E-state index is 4.30. The minimum atomic E-state index is 0. The summed E-state index contributed by atoms with van der Waals surface area (Å²) in [4.78, 5) is 8.15. The van der Waals surface area contributed by atoms with E-state index in [1.807, 2.05) is 18.4 Å². The number of rotatable bonds is 8. The molecule has 0 aromatic carbocycles. The number of aliphatic imine (C=N–C) groups is 1. The van der Waals surface area contributed by atoms with Gasteiger partial charge in [0.2, 0.25) is 0 Å². The van der Waals surface area contributed by atoms with E-state index in [2.05, 4.69) is 65.7 Å². The van der Waals surface area contributed by atoms with Gasteiger partial charge in [-0.15, -0.1) is 35.3 Å². The van der Waals surface area contributed by atoms with Crippen LogP contribution < -0.4 is 10.6 Å². The van der Waals surface area contributed by atoms with E-state index in [-0.39, 0.29) is 24.0 Å². The molecule has 1 aromatic heterocycles. The zero-order chi connectivity index (χ0) is 15.7. The lowest BCUT2D eigenvalue weighted by molar-refractivity contribution is 0.231. The molecule has 1 rings (SSSR count). The lowest BCUT2D eigenvalue weighted by atomic mass is 10.1. The normalized spacial score (nSPS) is 14.4. The molecule has 2 atom stereocenters. The second-order valence-electron chi connectivity index (χ2n) is 5.32. The molecular formula is C16H31IN4S. The third-order valence-corrected chi connectivity index (χ3v) is 4.93. The van der Waals surface area contributed by atoms with Gasteiger partial charge in [0, 0.05) is 37.0 Å². The van der Waals surface area contributed by atoms with E-state index in [4.69, 9.17) is 0 Å². The van der Waals surface area contributed by atoms with Crippen LogP contribution in [-0.2, 0) is 0 Å². The molecule has 128 valence electrons. The van der Waals surface area contributed by atoms with E-state index in [1.54, 1.807) is 0 Å². The molecule has 1 aromatic rings. The number of halogens is 1. The predicted molar refractivity (Wildman–Crippen MR) is 110 cm³/mol.